The molecule has 0 unspecified atom stereocenters. The van der Waals surface area contributed by atoms with Crippen LogP contribution in [0.1, 0.15) is 52.9 Å². The lowest BCUT2D eigenvalue weighted by Gasteiger charge is -2.37. The topological polar surface area (TPSA) is 32.8 Å². The second-order valence-electron chi connectivity index (χ2n) is 8.10. The zero-order chi connectivity index (χ0) is 15.0. The number of hydrogen-bond donors (Lipinski definition) is 0. The van der Waals surface area contributed by atoms with Gasteiger partial charge in [0, 0.05) is 32.2 Å². The Hall–Kier alpha value is -0.770. The molecule has 0 aromatic rings. The van der Waals surface area contributed by atoms with Crippen LogP contribution < -0.4 is 0 Å². The lowest BCUT2D eigenvalue weighted by Crippen LogP contribution is -2.47. The first kappa shape index (κ1) is 15.1. The molecule has 4 heteroatoms. The van der Waals surface area contributed by atoms with Gasteiger partial charge in [-0.25, -0.2) is 4.79 Å². The van der Waals surface area contributed by atoms with Crippen molar-refractivity contribution in [3.05, 3.63) is 0 Å². The van der Waals surface area contributed by atoms with E-state index in [1.807, 2.05) is 25.7 Å². The van der Waals surface area contributed by atoms with Crippen LogP contribution in [0, 0.1) is 11.8 Å². The number of carbonyl (C=O) groups excluding carboxylic acids is 1. The van der Waals surface area contributed by atoms with Crippen LogP contribution in [0.3, 0.4) is 0 Å². The third kappa shape index (κ3) is 3.53. The van der Waals surface area contributed by atoms with Gasteiger partial charge in [-0.3, -0.25) is 4.90 Å². The van der Waals surface area contributed by atoms with E-state index in [-0.39, 0.29) is 11.7 Å². The molecule has 2 heterocycles. The second kappa shape index (κ2) is 5.79. The molecule has 21 heavy (non-hydrogen) atoms. The number of hydrogen-bond acceptors (Lipinski definition) is 3. The van der Waals surface area contributed by atoms with Gasteiger partial charge in [-0.05, 0) is 58.3 Å². The third-order valence-electron chi connectivity index (χ3n) is 5.39. The molecular weight excluding hydrogens is 264 g/mol. The van der Waals surface area contributed by atoms with E-state index in [1.54, 1.807) is 0 Å². The molecule has 3 fully saturated rings. The predicted octanol–water partition coefficient (Wildman–Crippen LogP) is 3.12. The van der Waals surface area contributed by atoms with Gasteiger partial charge < -0.3 is 9.64 Å². The normalized spacial score (nSPS) is 31.5. The van der Waals surface area contributed by atoms with Crippen molar-refractivity contribution >= 4 is 6.09 Å². The van der Waals surface area contributed by atoms with Gasteiger partial charge in [0.1, 0.15) is 5.60 Å². The maximum Gasteiger partial charge on any atom is 0.410 e. The highest BCUT2D eigenvalue weighted by atomic mass is 16.6. The first-order chi connectivity index (χ1) is 9.92. The summed E-state index contributed by atoms with van der Waals surface area (Å²) in [6.45, 7) is 10.1. The molecular formula is C17H30N2O2. The Labute approximate surface area is 128 Å². The quantitative estimate of drug-likeness (QED) is 0.745. The molecule has 1 aliphatic carbocycles. The van der Waals surface area contributed by atoms with Crippen molar-refractivity contribution in [3.63, 3.8) is 0 Å². The van der Waals surface area contributed by atoms with Gasteiger partial charge in [-0.15, -0.1) is 0 Å². The molecule has 3 aliphatic rings. The van der Waals surface area contributed by atoms with Gasteiger partial charge in [0.05, 0.1) is 0 Å². The number of amides is 1. The molecule has 0 N–H and O–H groups in total. The fourth-order valence-electron chi connectivity index (χ4n) is 4.31. The van der Waals surface area contributed by atoms with E-state index < -0.39 is 0 Å². The van der Waals surface area contributed by atoms with Crippen LogP contribution in [-0.2, 0) is 4.74 Å². The fraction of sp³-hybridized carbons (Fsp3) is 0.941. The minimum atomic E-state index is -0.389. The summed E-state index contributed by atoms with van der Waals surface area (Å²) < 4.78 is 5.47. The van der Waals surface area contributed by atoms with Gasteiger partial charge in [0.15, 0.2) is 0 Å². The van der Waals surface area contributed by atoms with E-state index in [4.69, 9.17) is 4.74 Å². The number of nitrogens with zero attached hydrogens (tertiary/aromatic N) is 2. The molecule has 3 rings (SSSR count). The summed E-state index contributed by atoms with van der Waals surface area (Å²) in [5.74, 6) is 1.93. The van der Waals surface area contributed by atoms with E-state index in [2.05, 4.69) is 4.90 Å². The van der Waals surface area contributed by atoms with Crippen LogP contribution in [0.5, 0.6) is 0 Å². The van der Waals surface area contributed by atoms with E-state index >= 15 is 0 Å². The molecule has 2 atom stereocenters. The molecule has 0 aromatic heterocycles. The summed E-state index contributed by atoms with van der Waals surface area (Å²) >= 11 is 0. The van der Waals surface area contributed by atoms with E-state index in [9.17, 15) is 4.79 Å². The van der Waals surface area contributed by atoms with E-state index in [1.165, 1.54) is 32.4 Å². The third-order valence-corrected chi connectivity index (χ3v) is 5.39. The molecule has 0 radical (unpaired) electrons. The number of fused-ring (bicyclic) bond motifs is 1. The molecule has 2 saturated heterocycles. The summed E-state index contributed by atoms with van der Waals surface area (Å²) in [6.07, 6.45) is 6.41. The standard InChI is InChI=1S/C17H30N2O2/c1-17(2,3)21-16(20)18-9-7-15(8-10-18)19-11-13-5-4-6-14(13)12-19/h13-15H,4-12H2,1-3H3/t13-,14+. The Morgan fingerprint density at radius 1 is 1.00 bits per heavy atom. The van der Waals surface area contributed by atoms with Crippen LogP contribution in [0.2, 0.25) is 0 Å². The summed E-state index contributed by atoms with van der Waals surface area (Å²) in [5, 5.41) is 0. The van der Waals surface area contributed by atoms with Crippen LogP contribution in [0.4, 0.5) is 4.79 Å². The Morgan fingerprint density at radius 2 is 1.57 bits per heavy atom. The van der Waals surface area contributed by atoms with Crippen molar-refractivity contribution in [2.24, 2.45) is 11.8 Å². The smallest absolute Gasteiger partial charge is 0.410 e. The highest BCUT2D eigenvalue weighted by molar-refractivity contribution is 5.68. The molecule has 1 saturated carbocycles. The fourth-order valence-corrected chi connectivity index (χ4v) is 4.31. The maximum absolute atomic E-state index is 12.1. The molecule has 2 aliphatic heterocycles. The number of likely N-dealkylation sites (tertiary alicyclic amines) is 2. The average molecular weight is 294 g/mol. The van der Waals surface area contributed by atoms with Crippen molar-refractivity contribution in [1.82, 2.24) is 9.80 Å². The van der Waals surface area contributed by atoms with Crippen LogP contribution in [0.15, 0.2) is 0 Å². The first-order valence-electron chi connectivity index (χ1n) is 8.64. The van der Waals surface area contributed by atoms with Crippen LogP contribution in [-0.4, -0.2) is 53.7 Å². The zero-order valence-corrected chi connectivity index (χ0v) is 13.8. The first-order valence-corrected chi connectivity index (χ1v) is 8.64. The van der Waals surface area contributed by atoms with Gasteiger partial charge in [-0.1, -0.05) is 6.42 Å². The van der Waals surface area contributed by atoms with Gasteiger partial charge >= 0.3 is 6.09 Å². The predicted molar refractivity (Wildman–Crippen MR) is 83.2 cm³/mol. The number of piperidine rings is 1. The van der Waals surface area contributed by atoms with E-state index in [0.29, 0.717) is 6.04 Å². The molecule has 0 spiro atoms. The molecule has 4 nitrogen and oxygen atoms in total. The lowest BCUT2D eigenvalue weighted by atomic mass is 10.0. The van der Waals surface area contributed by atoms with Crippen LogP contribution in [0.25, 0.3) is 0 Å². The van der Waals surface area contributed by atoms with Crippen molar-refractivity contribution in [1.29, 1.82) is 0 Å². The number of ether oxygens (including phenoxy) is 1. The molecule has 0 bridgehead atoms. The monoisotopic (exact) mass is 294 g/mol. The Balaban J connectivity index is 1.46. The van der Waals surface area contributed by atoms with Crippen molar-refractivity contribution in [2.45, 2.75) is 64.5 Å². The average Bonchev–Trinajstić information content (AvgIpc) is 2.97. The van der Waals surface area contributed by atoms with Gasteiger partial charge in [0.25, 0.3) is 0 Å². The van der Waals surface area contributed by atoms with Gasteiger partial charge in [0.2, 0.25) is 0 Å². The van der Waals surface area contributed by atoms with Crippen molar-refractivity contribution in [2.75, 3.05) is 26.2 Å². The maximum atomic E-state index is 12.1. The Morgan fingerprint density at radius 3 is 2.10 bits per heavy atom. The Kier molecular flexibility index (Phi) is 4.17. The zero-order valence-electron chi connectivity index (χ0n) is 13.8. The lowest BCUT2D eigenvalue weighted by molar-refractivity contribution is 0.0152. The summed E-state index contributed by atoms with van der Waals surface area (Å²) in [4.78, 5) is 16.7. The SMILES string of the molecule is CC(C)(C)OC(=O)N1CCC(N2C[C@H]3CCC[C@H]3C2)CC1. The molecule has 120 valence electrons. The second-order valence-corrected chi connectivity index (χ2v) is 8.10. The van der Waals surface area contributed by atoms with Crippen molar-refractivity contribution in [3.8, 4) is 0 Å². The number of rotatable bonds is 1. The number of carbonyl (C=O) groups is 1. The minimum Gasteiger partial charge on any atom is -0.444 e. The molecule has 1 amide bonds. The summed E-state index contributed by atoms with van der Waals surface area (Å²) in [6, 6.07) is 0.689. The highest BCUT2D eigenvalue weighted by Crippen LogP contribution is 2.39. The summed E-state index contributed by atoms with van der Waals surface area (Å²) in [5.41, 5.74) is -0.389. The summed E-state index contributed by atoms with van der Waals surface area (Å²) in [7, 11) is 0. The largest absolute Gasteiger partial charge is 0.444 e. The van der Waals surface area contributed by atoms with E-state index in [0.717, 1.165) is 37.8 Å². The Bertz CT molecular complexity index is 371. The minimum absolute atomic E-state index is 0.140. The van der Waals surface area contributed by atoms with Gasteiger partial charge in [-0.2, -0.15) is 0 Å². The van der Waals surface area contributed by atoms with Crippen LogP contribution >= 0.6 is 0 Å². The van der Waals surface area contributed by atoms with Crippen molar-refractivity contribution < 1.29 is 9.53 Å². The molecule has 0 aromatic carbocycles. The highest BCUT2D eigenvalue weighted by Gasteiger charge is 2.39.